The molecule has 0 bridgehead atoms. The Morgan fingerprint density at radius 2 is 2.00 bits per heavy atom. The van der Waals surface area contributed by atoms with Crippen LogP contribution >= 0.6 is 11.8 Å². The molecule has 2 rings (SSSR count). The molecule has 1 saturated heterocycles. The first-order valence-electron chi connectivity index (χ1n) is 8.26. The van der Waals surface area contributed by atoms with Crippen LogP contribution in [0, 0.1) is 0 Å². The predicted molar refractivity (Wildman–Crippen MR) is 95.1 cm³/mol. The fourth-order valence-electron chi connectivity index (χ4n) is 2.90. The summed E-state index contributed by atoms with van der Waals surface area (Å²) in [6, 6.07) is 11.5. The van der Waals surface area contributed by atoms with Gasteiger partial charge in [0.05, 0.1) is 0 Å². The first-order chi connectivity index (χ1) is 10.1. The lowest BCUT2D eigenvalue weighted by molar-refractivity contribution is 0.201. The van der Waals surface area contributed by atoms with Crippen LogP contribution < -0.4 is 5.32 Å². The number of hydrogen-bond acceptors (Lipinski definition) is 3. The SMILES string of the molecule is CCCNCC(c1ccccc1)N1CCSC(C)(C)CC1. The fourth-order valence-corrected chi connectivity index (χ4v) is 4.01. The molecule has 1 N–H and O–H groups in total. The van der Waals surface area contributed by atoms with Crippen LogP contribution in [0.15, 0.2) is 30.3 Å². The van der Waals surface area contributed by atoms with Crippen molar-refractivity contribution in [1.29, 1.82) is 0 Å². The normalized spacial score (nSPS) is 20.9. The highest BCUT2D eigenvalue weighted by Crippen LogP contribution is 2.33. The summed E-state index contributed by atoms with van der Waals surface area (Å²) in [5.41, 5.74) is 1.45. The maximum atomic E-state index is 3.62. The summed E-state index contributed by atoms with van der Waals surface area (Å²) in [4.78, 5) is 2.68. The number of hydrogen-bond donors (Lipinski definition) is 1. The Labute approximate surface area is 134 Å². The van der Waals surface area contributed by atoms with Crippen molar-refractivity contribution in [3.8, 4) is 0 Å². The van der Waals surface area contributed by atoms with Crippen LogP contribution in [-0.4, -0.2) is 41.6 Å². The number of rotatable bonds is 6. The van der Waals surface area contributed by atoms with E-state index < -0.39 is 0 Å². The van der Waals surface area contributed by atoms with E-state index in [1.807, 2.05) is 0 Å². The molecule has 1 unspecified atom stereocenters. The van der Waals surface area contributed by atoms with Gasteiger partial charge in [-0.3, -0.25) is 4.90 Å². The summed E-state index contributed by atoms with van der Waals surface area (Å²) in [5.74, 6) is 1.24. The average molecular weight is 307 g/mol. The molecule has 0 radical (unpaired) electrons. The van der Waals surface area contributed by atoms with E-state index in [1.165, 1.54) is 37.2 Å². The minimum Gasteiger partial charge on any atom is -0.315 e. The Bertz CT molecular complexity index is 405. The molecule has 1 aliphatic heterocycles. The van der Waals surface area contributed by atoms with Crippen molar-refractivity contribution in [3.05, 3.63) is 35.9 Å². The van der Waals surface area contributed by atoms with Gasteiger partial charge in [0.1, 0.15) is 0 Å². The minimum atomic E-state index is 0.423. The van der Waals surface area contributed by atoms with E-state index in [1.54, 1.807) is 0 Å². The molecule has 0 saturated carbocycles. The molecule has 1 aromatic rings. The van der Waals surface area contributed by atoms with E-state index in [-0.39, 0.29) is 0 Å². The molecule has 0 aromatic heterocycles. The zero-order chi connectivity index (χ0) is 15.1. The van der Waals surface area contributed by atoms with E-state index in [9.17, 15) is 0 Å². The maximum absolute atomic E-state index is 3.62. The summed E-state index contributed by atoms with van der Waals surface area (Å²) >= 11 is 2.12. The third kappa shape index (κ3) is 5.32. The fraction of sp³-hybridized carbons (Fsp3) is 0.667. The van der Waals surface area contributed by atoms with Crippen LogP contribution in [-0.2, 0) is 0 Å². The van der Waals surface area contributed by atoms with Gasteiger partial charge in [-0.05, 0) is 24.9 Å². The Morgan fingerprint density at radius 3 is 2.71 bits per heavy atom. The highest BCUT2D eigenvalue weighted by Gasteiger charge is 2.27. The molecular formula is C18H30N2S. The van der Waals surface area contributed by atoms with Crippen molar-refractivity contribution >= 4 is 11.8 Å². The predicted octanol–water partition coefficient (Wildman–Crippen LogP) is 3.94. The smallest absolute Gasteiger partial charge is 0.0473 e. The van der Waals surface area contributed by atoms with Crippen molar-refractivity contribution in [3.63, 3.8) is 0 Å². The Morgan fingerprint density at radius 1 is 1.24 bits per heavy atom. The van der Waals surface area contributed by atoms with Crippen LogP contribution in [0.5, 0.6) is 0 Å². The lowest BCUT2D eigenvalue weighted by Crippen LogP contribution is -2.38. The van der Waals surface area contributed by atoms with Crippen molar-refractivity contribution in [2.75, 3.05) is 31.9 Å². The quantitative estimate of drug-likeness (QED) is 0.801. The lowest BCUT2D eigenvalue weighted by Gasteiger charge is -2.31. The largest absolute Gasteiger partial charge is 0.315 e. The van der Waals surface area contributed by atoms with E-state index >= 15 is 0 Å². The highest BCUT2D eigenvalue weighted by atomic mass is 32.2. The van der Waals surface area contributed by atoms with Gasteiger partial charge in [-0.1, -0.05) is 51.1 Å². The molecule has 1 fully saturated rings. The molecule has 3 heteroatoms. The van der Waals surface area contributed by atoms with Crippen LogP contribution in [0.1, 0.15) is 45.2 Å². The summed E-state index contributed by atoms with van der Waals surface area (Å²) in [6.45, 7) is 11.6. The van der Waals surface area contributed by atoms with Crippen molar-refractivity contribution in [2.24, 2.45) is 0 Å². The van der Waals surface area contributed by atoms with Crippen molar-refractivity contribution < 1.29 is 0 Å². The molecule has 0 amide bonds. The van der Waals surface area contributed by atoms with E-state index in [0.717, 1.165) is 13.1 Å². The molecular weight excluding hydrogens is 276 g/mol. The molecule has 0 aliphatic carbocycles. The standard InChI is InChI=1S/C18H30N2S/c1-4-11-19-15-17(16-8-6-5-7-9-16)20-12-10-18(2,3)21-14-13-20/h5-9,17,19H,4,10-15H2,1-3H3. The molecule has 1 aromatic carbocycles. The van der Waals surface area contributed by atoms with E-state index in [0.29, 0.717) is 10.8 Å². The number of thioether (sulfide) groups is 1. The molecule has 2 nitrogen and oxygen atoms in total. The van der Waals surface area contributed by atoms with Gasteiger partial charge in [0.2, 0.25) is 0 Å². The average Bonchev–Trinajstić information content (AvgIpc) is 2.66. The number of nitrogens with zero attached hydrogens (tertiary/aromatic N) is 1. The van der Waals surface area contributed by atoms with Crippen LogP contribution in [0.4, 0.5) is 0 Å². The Hall–Kier alpha value is -0.510. The second-order valence-electron chi connectivity index (χ2n) is 6.52. The van der Waals surface area contributed by atoms with Gasteiger partial charge in [-0.15, -0.1) is 0 Å². The second-order valence-corrected chi connectivity index (χ2v) is 8.33. The topological polar surface area (TPSA) is 15.3 Å². The zero-order valence-corrected chi connectivity index (χ0v) is 14.6. The summed E-state index contributed by atoms with van der Waals surface area (Å²) < 4.78 is 0.423. The van der Waals surface area contributed by atoms with Gasteiger partial charge in [-0.25, -0.2) is 0 Å². The lowest BCUT2D eigenvalue weighted by atomic mass is 10.0. The highest BCUT2D eigenvalue weighted by molar-refractivity contribution is 8.00. The number of benzene rings is 1. The Balaban J connectivity index is 2.07. The van der Waals surface area contributed by atoms with E-state index in [2.05, 4.69) is 73.1 Å². The maximum Gasteiger partial charge on any atom is 0.0473 e. The van der Waals surface area contributed by atoms with E-state index in [4.69, 9.17) is 0 Å². The van der Waals surface area contributed by atoms with Gasteiger partial charge >= 0.3 is 0 Å². The van der Waals surface area contributed by atoms with Crippen molar-refractivity contribution in [2.45, 2.75) is 44.4 Å². The molecule has 21 heavy (non-hydrogen) atoms. The van der Waals surface area contributed by atoms with Crippen LogP contribution in [0.25, 0.3) is 0 Å². The first-order valence-corrected chi connectivity index (χ1v) is 9.24. The molecule has 1 heterocycles. The summed E-state index contributed by atoms with van der Waals surface area (Å²) in [5, 5.41) is 3.62. The minimum absolute atomic E-state index is 0.423. The van der Waals surface area contributed by atoms with Gasteiger partial charge in [-0.2, -0.15) is 11.8 Å². The molecule has 118 valence electrons. The second kappa shape index (κ2) is 8.21. The summed E-state index contributed by atoms with van der Waals surface area (Å²) in [7, 11) is 0. The third-order valence-corrected chi connectivity index (χ3v) is 5.63. The molecule has 1 atom stereocenters. The van der Waals surface area contributed by atoms with Gasteiger partial charge in [0.15, 0.2) is 0 Å². The number of nitrogens with one attached hydrogen (secondary N) is 1. The Kier molecular flexibility index (Phi) is 6.59. The van der Waals surface area contributed by atoms with Crippen LogP contribution in [0.2, 0.25) is 0 Å². The molecule has 1 aliphatic rings. The first kappa shape index (κ1) is 16.9. The van der Waals surface area contributed by atoms with Gasteiger partial charge < -0.3 is 5.32 Å². The monoisotopic (exact) mass is 306 g/mol. The van der Waals surface area contributed by atoms with Gasteiger partial charge in [0.25, 0.3) is 0 Å². The molecule has 0 spiro atoms. The third-order valence-electron chi connectivity index (χ3n) is 4.26. The van der Waals surface area contributed by atoms with Crippen LogP contribution in [0.3, 0.4) is 0 Å². The summed E-state index contributed by atoms with van der Waals surface area (Å²) in [6.07, 6.45) is 2.47. The van der Waals surface area contributed by atoms with Gasteiger partial charge in [0, 0.05) is 36.2 Å². The zero-order valence-electron chi connectivity index (χ0n) is 13.8. The van der Waals surface area contributed by atoms with Crippen molar-refractivity contribution in [1.82, 2.24) is 10.2 Å².